The number of esters is 2. The van der Waals surface area contributed by atoms with Gasteiger partial charge in [-0.2, -0.15) is 0 Å². The number of nitrogens with one attached hydrogen (secondary N) is 1. The highest BCUT2D eigenvalue weighted by atomic mass is 16.5. The quantitative estimate of drug-likeness (QED) is 0.595. The smallest absolute Gasteiger partial charge is 0.339 e. The maximum atomic E-state index is 12.5. The van der Waals surface area contributed by atoms with Gasteiger partial charge in [-0.1, -0.05) is 60.7 Å². The molecule has 6 heteroatoms. The van der Waals surface area contributed by atoms with Crippen molar-refractivity contribution in [1.82, 2.24) is 5.32 Å². The summed E-state index contributed by atoms with van der Waals surface area (Å²) in [6, 6.07) is 23.5. The highest BCUT2D eigenvalue weighted by Gasteiger charge is 2.28. The minimum atomic E-state index is -0.620. The van der Waals surface area contributed by atoms with Crippen molar-refractivity contribution >= 4 is 17.8 Å². The summed E-state index contributed by atoms with van der Waals surface area (Å²) in [6.07, 6.45) is 0.0501. The predicted octanol–water partition coefficient (Wildman–Crippen LogP) is 4.18. The Labute approximate surface area is 186 Å². The molecule has 0 bridgehead atoms. The molecular formula is C26H23NO5. The molecule has 162 valence electrons. The van der Waals surface area contributed by atoms with E-state index < -0.39 is 18.0 Å². The van der Waals surface area contributed by atoms with Crippen LogP contribution in [0.25, 0.3) is 0 Å². The minimum Gasteiger partial charge on any atom is -0.454 e. The lowest BCUT2D eigenvalue weighted by Crippen LogP contribution is -2.31. The van der Waals surface area contributed by atoms with Gasteiger partial charge in [0.1, 0.15) is 6.10 Å². The SMILES string of the molecule is CC(NC(=O)COC(=O)c1ccc2c(c1)CC(c1ccccc1)OC2=O)c1ccccc1. The molecule has 0 saturated carbocycles. The molecule has 0 fully saturated rings. The third-order valence-electron chi connectivity index (χ3n) is 5.40. The molecule has 1 aliphatic rings. The van der Waals surface area contributed by atoms with Gasteiger partial charge >= 0.3 is 11.9 Å². The van der Waals surface area contributed by atoms with Crippen LogP contribution in [-0.2, 0) is 20.7 Å². The first-order chi connectivity index (χ1) is 15.5. The molecule has 3 aromatic carbocycles. The van der Waals surface area contributed by atoms with Crippen LogP contribution >= 0.6 is 0 Å². The Morgan fingerprint density at radius 1 is 1.03 bits per heavy atom. The first-order valence-electron chi connectivity index (χ1n) is 10.4. The second kappa shape index (κ2) is 9.47. The zero-order chi connectivity index (χ0) is 22.5. The summed E-state index contributed by atoms with van der Waals surface area (Å²) in [7, 11) is 0. The van der Waals surface area contributed by atoms with E-state index in [1.165, 1.54) is 6.07 Å². The van der Waals surface area contributed by atoms with Crippen LogP contribution in [0.5, 0.6) is 0 Å². The number of fused-ring (bicyclic) bond motifs is 1. The van der Waals surface area contributed by atoms with Gasteiger partial charge < -0.3 is 14.8 Å². The van der Waals surface area contributed by atoms with Crippen molar-refractivity contribution in [2.45, 2.75) is 25.5 Å². The fraction of sp³-hybridized carbons (Fsp3) is 0.192. The second-order valence-corrected chi connectivity index (χ2v) is 7.66. The van der Waals surface area contributed by atoms with Crippen molar-refractivity contribution in [3.8, 4) is 0 Å². The highest BCUT2D eigenvalue weighted by molar-refractivity contribution is 5.96. The van der Waals surface area contributed by atoms with Crippen molar-refractivity contribution in [2.24, 2.45) is 0 Å². The molecule has 0 aliphatic carbocycles. The summed E-state index contributed by atoms with van der Waals surface area (Å²) in [5, 5.41) is 2.81. The first kappa shape index (κ1) is 21.3. The Kier molecular flexibility index (Phi) is 6.31. The van der Waals surface area contributed by atoms with Gasteiger partial charge in [0, 0.05) is 6.42 Å². The number of amides is 1. The van der Waals surface area contributed by atoms with Gasteiger partial charge in [0.2, 0.25) is 0 Å². The largest absolute Gasteiger partial charge is 0.454 e. The standard InChI is InChI=1S/C26H23NO5/c1-17(18-8-4-2-5-9-18)27-24(28)16-31-25(29)20-12-13-22-21(14-20)15-23(32-26(22)30)19-10-6-3-7-11-19/h2-14,17,23H,15-16H2,1H3,(H,27,28). The molecule has 1 N–H and O–H groups in total. The van der Waals surface area contributed by atoms with Crippen LogP contribution in [0, 0.1) is 0 Å². The van der Waals surface area contributed by atoms with E-state index in [0.717, 1.165) is 11.1 Å². The normalized spacial score (nSPS) is 15.8. The van der Waals surface area contributed by atoms with Crippen LogP contribution in [0.15, 0.2) is 78.9 Å². The number of carbonyl (C=O) groups is 3. The Morgan fingerprint density at radius 2 is 1.72 bits per heavy atom. The van der Waals surface area contributed by atoms with Crippen molar-refractivity contribution in [3.05, 3.63) is 107 Å². The minimum absolute atomic E-state index is 0.202. The molecule has 2 atom stereocenters. The Bertz CT molecular complexity index is 1130. The topological polar surface area (TPSA) is 81.7 Å². The van der Waals surface area contributed by atoms with Crippen LogP contribution in [0.1, 0.15) is 56.5 Å². The molecule has 4 rings (SSSR count). The van der Waals surface area contributed by atoms with Gasteiger partial charge in [0.25, 0.3) is 5.91 Å². The van der Waals surface area contributed by atoms with Crippen LogP contribution in [0.3, 0.4) is 0 Å². The van der Waals surface area contributed by atoms with Crippen molar-refractivity contribution in [2.75, 3.05) is 6.61 Å². The van der Waals surface area contributed by atoms with Gasteiger partial charge in [-0.25, -0.2) is 9.59 Å². The maximum absolute atomic E-state index is 12.5. The summed E-state index contributed by atoms with van der Waals surface area (Å²) < 4.78 is 10.7. The van der Waals surface area contributed by atoms with Crippen LogP contribution in [-0.4, -0.2) is 24.5 Å². The average Bonchev–Trinajstić information content (AvgIpc) is 2.83. The van der Waals surface area contributed by atoms with Gasteiger partial charge in [-0.3, -0.25) is 4.79 Å². The maximum Gasteiger partial charge on any atom is 0.339 e. The van der Waals surface area contributed by atoms with Crippen molar-refractivity contribution in [3.63, 3.8) is 0 Å². The molecule has 32 heavy (non-hydrogen) atoms. The van der Waals surface area contributed by atoms with E-state index in [0.29, 0.717) is 17.5 Å². The van der Waals surface area contributed by atoms with Crippen molar-refractivity contribution in [1.29, 1.82) is 0 Å². The van der Waals surface area contributed by atoms with E-state index in [-0.39, 0.29) is 24.1 Å². The second-order valence-electron chi connectivity index (χ2n) is 7.66. The van der Waals surface area contributed by atoms with Crippen LogP contribution in [0.4, 0.5) is 0 Å². The number of benzene rings is 3. The summed E-state index contributed by atoms with van der Waals surface area (Å²) in [6.45, 7) is 1.47. The van der Waals surface area contributed by atoms with Gasteiger partial charge in [-0.05, 0) is 41.8 Å². The Balaban J connectivity index is 1.39. The Hall–Kier alpha value is -3.93. The number of cyclic esters (lactones) is 1. The zero-order valence-electron chi connectivity index (χ0n) is 17.6. The summed E-state index contributed by atoms with van der Waals surface area (Å²) in [5.41, 5.74) is 3.29. The molecule has 0 radical (unpaired) electrons. The lowest BCUT2D eigenvalue weighted by Gasteiger charge is -2.25. The number of rotatable bonds is 6. The van der Waals surface area contributed by atoms with Gasteiger partial charge in [0.15, 0.2) is 6.61 Å². The zero-order valence-corrected chi connectivity index (χ0v) is 17.6. The predicted molar refractivity (Wildman–Crippen MR) is 118 cm³/mol. The summed E-state index contributed by atoms with van der Waals surface area (Å²) in [5.74, 6) is -1.43. The molecular weight excluding hydrogens is 406 g/mol. The average molecular weight is 429 g/mol. The lowest BCUT2D eigenvalue weighted by atomic mass is 9.93. The third-order valence-corrected chi connectivity index (χ3v) is 5.40. The summed E-state index contributed by atoms with van der Waals surface area (Å²) >= 11 is 0. The molecule has 1 heterocycles. The molecule has 3 aromatic rings. The number of hydrogen-bond donors (Lipinski definition) is 1. The molecule has 0 aromatic heterocycles. The van der Waals surface area contributed by atoms with E-state index in [9.17, 15) is 14.4 Å². The van der Waals surface area contributed by atoms with E-state index in [2.05, 4.69) is 5.32 Å². The number of carbonyl (C=O) groups excluding carboxylic acids is 3. The van der Waals surface area contributed by atoms with Crippen molar-refractivity contribution < 1.29 is 23.9 Å². The van der Waals surface area contributed by atoms with Gasteiger partial charge in [0.05, 0.1) is 17.2 Å². The first-order valence-corrected chi connectivity index (χ1v) is 10.4. The highest BCUT2D eigenvalue weighted by Crippen LogP contribution is 2.31. The van der Waals surface area contributed by atoms with Gasteiger partial charge in [-0.15, -0.1) is 0 Å². The molecule has 1 aliphatic heterocycles. The lowest BCUT2D eigenvalue weighted by molar-refractivity contribution is -0.124. The fourth-order valence-corrected chi connectivity index (χ4v) is 3.70. The number of hydrogen-bond acceptors (Lipinski definition) is 5. The van der Waals surface area contributed by atoms with E-state index >= 15 is 0 Å². The fourth-order valence-electron chi connectivity index (χ4n) is 3.70. The van der Waals surface area contributed by atoms with Crippen LogP contribution < -0.4 is 5.32 Å². The molecule has 0 spiro atoms. The monoisotopic (exact) mass is 429 g/mol. The molecule has 2 unspecified atom stereocenters. The number of ether oxygens (including phenoxy) is 2. The van der Waals surface area contributed by atoms with Crippen LogP contribution in [0.2, 0.25) is 0 Å². The molecule has 6 nitrogen and oxygen atoms in total. The summed E-state index contributed by atoms with van der Waals surface area (Å²) in [4.78, 5) is 37.1. The van der Waals surface area contributed by atoms with E-state index in [4.69, 9.17) is 9.47 Å². The molecule has 1 amide bonds. The van der Waals surface area contributed by atoms with E-state index in [1.807, 2.05) is 67.6 Å². The molecule has 0 saturated heterocycles. The Morgan fingerprint density at radius 3 is 2.44 bits per heavy atom. The third kappa shape index (κ3) is 4.86. The van der Waals surface area contributed by atoms with E-state index in [1.54, 1.807) is 12.1 Å².